The van der Waals surface area contributed by atoms with Gasteiger partial charge in [-0.1, -0.05) is 6.92 Å². The Balaban J connectivity index is 2.66. The van der Waals surface area contributed by atoms with Crippen LogP contribution in [0.3, 0.4) is 0 Å². The van der Waals surface area contributed by atoms with Gasteiger partial charge in [-0.3, -0.25) is 0 Å². The molecule has 0 aliphatic heterocycles. The highest BCUT2D eigenvalue weighted by atomic mass is 16.3. The van der Waals surface area contributed by atoms with Gasteiger partial charge in [0.25, 0.3) is 0 Å². The Labute approximate surface area is 67.5 Å². The minimum atomic E-state index is -0.340. The zero-order valence-electron chi connectivity index (χ0n) is 7.12. The summed E-state index contributed by atoms with van der Waals surface area (Å²) in [6.07, 6.45) is 4.79. The number of aliphatic hydroxyl groups excluding tert-OH is 1. The quantitative estimate of drug-likeness (QED) is 0.705. The van der Waals surface area contributed by atoms with Gasteiger partial charge >= 0.3 is 0 Å². The Morgan fingerprint density at radius 3 is 2.82 bits per heavy atom. The lowest BCUT2D eigenvalue weighted by atomic mass is 10.2. The van der Waals surface area contributed by atoms with Crippen LogP contribution in [0.1, 0.15) is 31.9 Å². The van der Waals surface area contributed by atoms with Crippen LogP contribution < -0.4 is 0 Å². The summed E-state index contributed by atoms with van der Waals surface area (Å²) in [6, 6.07) is 1.96. The van der Waals surface area contributed by atoms with E-state index in [2.05, 4.69) is 11.5 Å². The first-order chi connectivity index (χ1) is 5.24. The van der Waals surface area contributed by atoms with Gasteiger partial charge in [-0.15, -0.1) is 0 Å². The summed E-state index contributed by atoms with van der Waals surface area (Å²) in [5.74, 6) is 0. The molecule has 0 fully saturated rings. The van der Waals surface area contributed by atoms with Crippen LogP contribution in [0.25, 0.3) is 0 Å². The van der Waals surface area contributed by atoms with Crippen LogP contribution >= 0.6 is 0 Å². The van der Waals surface area contributed by atoms with E-state index in [1.165, 1.54) is 0 Å². The largest absolute Gasteiger partial charge is 0.389 e. The number of nitrogens with zero attached hydrogens (tertiary/aromatic N) is 1. The summed E-state index contributed by atoms with van der Waals surface area (Å²) in [7, 11) is 0. The lowest BCUT2D eigenvalue weighted by Crippen LogP contribution is -1.92. The molecule has 2 nitrogen and oxygen atoms in total. The lowest BCUT2D eigenvalue weighted by Gasteiger charge is -1.99. The van der Waals surface area contributed by atoms with E-state index in [0.29, 0.717) is 0 Å². The van der Waals surface area contributed by atoms with Crippen LogP contribution in [0, 0.1) is 0 Å². The summed E-state index contributed by atoms with van der Waals surface area (Å²) in [6.45, 7) is 4.96. The highest BCUT2D eigenvalue weighted by molar-refractivity contribution is 5.12. The van der Waals surface area contributed by atoms with Crippen molar-refractivity contribution in [2.75, 3.05) is 0 Å². The molecule has 1 aromatic heterocycles. The fourth-order valence-electron chi connectivity index (χ4n) is 1.10. The molecule has 0 saturated heterocycles. The second kappa shape index (κ2) is 3.58. The van der Waals surface area contributed by atoms with Gasteiger partial charge in [0.1, 0.15) is 0 Å². The number of rotatable bonds is 3. The molecule has 0 radical (unpaired) electrons. The van der Waals surface area contributed by atoms with E-state index < -0.39 is 0 Å². The zero-order chi connectivity index (χ0) is 8.27. The molecule has 0 aromatic carbocycles. The van der Waals surface area contributed by atoms with E-state index in [-0.39, 0.29) is 6.10 Å². The molecule has 2 heteroatoms. The molecule has 62 valence electrons. The number of aliphatic hydroxyl groups is 1. The van der Waals surface area contributed by atoms with Crippen LogP contribution in [0.5, 0.6) is 0 Å². The van der Waals surface area contributed by atoms with Gasteiger partial charge in [0.2, 0.25) is 0 Å². The third kappa shape index (κ3) is 2.09. The minimum Gasteiger partial charge on any atom is -0.389 e. The molecule has 1 unspecified atom stereocenters. The lowest BCUT2D eigenvalue weighted by molar-refractivity contribution is 0.199. The Hall–Kier alpha value is -0.760. The number of hydrogen-bond acceptors (Lipinski definition) is 1. The van der Waals surface area contributed by atoms with Gasteiger partial charge in [0, 0.05) is 18.9 Å². The van der Waals surface area contributed by atoms with Crippen molar-refractivity contribution in [1.82, 2.24) is 4.57 Å². The van der Waals surface area contributed by atoms with Gasteiger partial charge in [-0.05, 0) is 25.0 Å². The van der Waals surface area contributed by atoms with Crippen LogP contribution in [0.4, 0.5) is 0 Å². The molecule has 0 aliphatic carbocycles. The highest BCUT2D eigenvalue weighted by Gasteiger charge is 2.00. The topological polar surface area (TPSA) is 25.2 Å². The molecule has 1 N–H and O–H groups in total. The number of aromatic nitrogens is 1. The Morgan fingerprint density at radius 1 is 1.64 bits per heavy atom. The second-order valence-corrected chi connectivity index (χ2v) is 2.86. The van der Waals surface area contributed by atoms with Crippen molar-refractivity contribution in [3.8, 4) is 0 Å². The van der Waals surface area contributed by atoms with Gasteiger partial charge in [-0.2, -0.15) is 0 Å². The average Bonchev–Trinajstić information content (AvgIpc) is 2.37. The van der Waals surface area contributed by atoms with E-state index in [1.807, 2.05) is 18.5 Å². The van der Waals surface area contributed by atoms with Crippen LogP contribution in [-0.2, 0) is 6.54 Å². The third-order valence-electron chi connectivity index (χ3n) is 1.74. The molecule has 0 aliphatic rings. The standard InChI is InChI=1S/C9H15NO/c1-3-5-10-6-4-9(7-10)8(2)11/h4,6-8,11H,3,5H2,1-2H3. The number of aryl methyl sites for hydroxylation is 1. The molecule has 0 amide bonds. The summed E-state index contributed by atoms with van der Waals surface area (Å²) in [5.41, 5.74) is 0.999. The zero-order valence-corrected chi connectivity index (χ0v) is 7.12. The SMILES string of the molecule is CCCn1ccc(C(C)O)c1. The van der Waals surface area contributed by atoms with Crippen molar-refractivity contribution < 1.29 is 5.11 Å². The summed E-state index contributed by atoms with van der Waals surface area (Å²) < 4.78 is 2.10. The Kier molecular flexibility index (Phi) is 2.71. The summed E-state index contributed by atoms with van der Waals surface area (Å²) in [4.78, 5) is 0. The fraction of sp³-hybridized carbons (Fsp3) is 0.556. The molecular weight excluding hydrogens is 138 g/mol. The van der Waals surface area contributed by atoms with Crippen LogP contribution in [0.2, 0.25) is 0 Å². The maximum Gasteiger partial charge on any atom is 0.0776 e. The maximum absolute atomic E-state index is 9.19. The minimum absolute atomic E-state index is 0.340. The molecule has 1 atom stereocenters. The van der Waals surface area contributed by atoms with Gasteiger partial charge in [0.05, 0.1) is 6.10 Å². The molecule has 0 bridgehead atoms. The van der Waals surface area contributed by atoms with Crippen molar-refractivity contribution in [2.24, 2.45) is 0 Å². The first kappa shape index (κ1) is 8.34. The van der Waals surface area contributed by atoms with E-state index in [9.17, 15) is 5.11 Å². The average molecular weight is 153 g/mol. The molecular formula is C9H15NO. The number of hydrogen-bond donors (Lipinski definition) is 1. The first-order valence-electron chi connectivity index (χ1n) is 4.07. The van der Waals surface area contributed by atoms with Crippen molar-refractivity contribution in [1.29, 1.82) is 0 Å². The van der Waals surface area contributed by atoms with E-state index in [1.54, 1.807) is 6.92 Å². The van der Waals surface area contributed by atoms with Crippen molar-refractivity contribution in [3.63, 3.8) is 0 Å². The highest BCUT2D eigenvalue weighted by Crippen LogP contribution is 2.11. The van der Waals surface area contributed by atoms with E-state index in [0.717, 1.165) is 18.5 Å². The molecule has 0 saturated carbocycles. The third-order valence-corrected chi connectivity index (χ3v) is 1.74. The Morgan fingerprint density at radius 2 is 2.36 bits per heavy atom. The van der Waals surface area contributed by atoms with Crippen molar-refractivity contribution in [3.05, 3.63) is 24.0 Å². The molecule has 11 heavy (non-hydrogen) atoms. The summed E-state index contributed by atoms with van der Waals surface area (Å²) >= 11 is 0. The maximum atomic E-state index is 9.19. The van der Waals surface area contributed by atoms with E-state index in [4.69, 9.17) is 0 Å². The van der Waals surface area contributed by atoms with E-state index >= 15 is 0 Å². The molecule has 0 spiro atoms. The smallest absolute Gasteiger partial charge is 0.0776 e. The van der Waals surface area contributed by atoms with Crippen molar-refractivity contribution in [2.45, 2.75) is 32.9 Å². The monoisotopic (exact) mass is 153 g/mol. The first-order valence-corrected chi connectivity index (χ1v) is 4.07. The Bertz CT molecular complexity index is 215. The molecule has 1 heterocycles. The predicted molar refractivity (Wildman–Crippen MR) is 45.4 cm³/mol. The van der Waals surface area contributed by atoms with Crippen LogP contribution in [-0.4, -0.2) is 9.67 Å². The van der Waals surface area contributed by atoms with Crippen LogP contribution in [0.15, 0.2) is 18.5 Å². The van der Waals surface area contributed by atoms with Gasteiger partial charge in [-0.25, -0.2) is 0 Å². The van der Waals surface area contributed by atoms with Gasteiger partial charge < -0.3 is 9.67 Å². The van der Waals surface area contributed by atoms with Gasteiger partial charge in [0.15, 0.2) is 0 Å². The fourth-order valence-corrected chi connectivity index (χ4v) is 1.10. The summed E-state index contributed by atoms with van der Waals surface area (Å²) in [5, 5.41) is 9.19. The van der Waals surface area contributed by atoms with Crippen molar-refractivity contribution >= 4 is 0 Å². The normalized spacial score (nSPS) is 13.4. The molecule has 1 aromatic rings. The molecule has 1 rings (SSSR count). The second-order valence-electron chi connectivity index (χ2n) is 2.86. The predicted octanol–water partition coefficient (Wildman–Crippen LogP) is 1.95.